The monoisotopic (exact) mass is 297 g/mol. The maximum absolute atomic E-state index is 12.0. The quantitative estimate of drug-likeness (QED) is 0.766. The van der Waals surface area contributed by atoms with Crippen molar-refractivity contribution in [3.8, 4) is 0 Å². The number of aliphatic hydroxyl groups is 1. The lowest BCUT2D eigenvalue weighted by Crippen LogP contribution is -2.43. The van der Waals surface area contributed by atoms with Crippen LogP contribution in [-0.2, 0) is 6.42 Å². The Kier molecular flexibility index (Phi) is 5.51. The van der Waals surface area contributed by atoms with Gasteiger partial charge in [0.25, 0.3) is 5.91 Å². The first-order chi connectivity index (χ1) is 9.63. The van der Waals surface area contributed by atoms with Gasteiger partial charge in [0.2, 0.25) is 0 Å². The molecule has 1 unspecified atom stereocenters. The molecule has 0 aliphatic carbocycles. The van der Waals surface area contributed by atoms with E-state index >= 15 is 0 Å². The number of nitrogens with zero attached hydrogens (tertiary/aromatic N) is 1. The van der Waals surface area contributed by atoms with E-state index in [2.05, 4.69) is 22.5 Å². The number of carbonyl (C=O) groups excluding carboxylic acids is 1. The van der Waals surface area contributed by atoms with Gasteiger partial charge >= 0.3 is 0 Å². The Labute approximate surface area is 123 Å². The van der Waals surface area contributed by atoms with Gasteiger partial charge in [0.05, 0.1) is 10.6 Å². The molecule has 20 heavy (non-hydrogen) atoms. The van der Waals surface area contributed by atoms with E-state index in [0.717, 1.165) is 43.8 Å². The fourth-order valence-electron chi connectivity index (χ4n) is 2.37. The topological polar surface area (TPSA) is 74.2 Å². The molecule has 1 aliphatic heterocycles. The molecule has 0 radical (unpaired) electrons. The Bertz CT molecular complexity index is 439. The van der Waals surface area contributed by atoms with Crippen LogP contribution in [0.25, 0.3) is 0 Å². The first kappa shape index (κ1) is 15.4. The van der Waals surface area contributed by atoms with Gasteiger partial charge in [-0.2, -0.15) is 0 Å². The van der Waals surface area contributed by atoms with Crippen molar-refractivity contribution in [2.24, 2.45) is 0 Å². The molecule has 1 fully saturated rings. The van der Waals surface area contributed by atoms with E-state index in [4.69, 9.17) is 0 Å². The van der Waals surface area contributed by atoms with Gasteiger partial charge in [0, 0.05) is 11.9 Å². The number of hydrogen-bond donors (Lipinski definition) is 3. The van der Waals surface area contributed by atoms with E-state index in [-0.39, 0.29) is 5.91 Å². The third kappa shape index (κ3) is 4.26. The summed E-state index contributed by atoms with van der Waals surface area (Å²) in [4.78, 5) is 16.4. The highest BCUT2D eigenvalue weighted by molar-refractivity contribution is 7.09. The van der Waals surface area contributed by atoms with Gasteiger partial charge < -0.3 is 15.7 Å². The lowest BCUT2D eigenvalue weighted by atomic mass is 9.95. The first-order valence-electron chi connectivity index (χ1n) is 7.29. The molecular weight excluding hydrogens is 274 g/mol. The predicted octanol–water partition coefficient (Wildman–Crippen LogP) is 1.33. The highest BCUT2D eigenvalue weighted by atomic mass is 32.1. The van der Waals surface area contributed by atoms with E-state index in [0.29, 0.717) is 18.7 Å². The Morgan fingerprint density at radius 1 is 1.55 bits per heavy atom. The summed E-state index contributed by atoms with van der Waals surface area (Å²) in [7, 11) is 0. The number of aromatic nitrogens is 1. The van der Waals surface area contributed by atoms with Crippen LogP contribution in [0.15, 0.2) is 5.38 Å². The molecule has 0 spiro atoms. The molecule has 1 saturated heterocycles. The van der Waals surface area contributed by atoms with Crippen LogP contribution in [0.4, 0.5) is 0 Å². The predicted molar refractivity (Wildman–Crippen MR) is 80.1 cm³/mol. The van der Waals surface area contributed by atoms with E-state index in [1.807, 2.05) is 0 Å². The van der Waals surface area contributed by atoms with Crippen molar-refractivity contribution in [2.75, 3.05) is 19.6 Å². The van der Waals surface area contributed by atoms with Gasteiger partial charge in [0.15, 0.2) is 0 Å². The van der Waals surface area contributed by atoms with Gasteiger partial charge in [-0.05, 0) is 45.2 Å². The van der Waals surface area contributed by atoms with Crippen LogP contribution in [0, 0.1) is 0 Å². The summed E-state index contributed by atoms with van der Waals surface area (Å²) in [6.45, 7) is 4.12. The molecule has 2 heterocycles. The Balaban J connectivity index is 1.87. The molecule has 1 atom stereocenters. The molecule has 3 N–H and O–H groups in total. The summed E-state index contributed by atoms with van der Waals surface area (Å²) in [5, 5.41) is 19.3. The molecule has 2 rings (SSSR count). The van der Waals surface area contributed by atoms with E-state index in [1.165, 1.54) is 11.3 Å². The third-order valence-electron chi connectivity index (χ3n) is 3.59. The summed E-state index contributed by atoms with van der Waals surface area (Å²) in [5.74, 6) is -0.186. The minimum absolute atomic E-state index is 0.186. The standard InChI is InChI=1S/C14H23N3O2S/c1-2-4-12-17-11(9-20-12)13(18)16-10-14(19)5-3-7-15-8-6-14/h9,15,19H,2-8,10H2,1H3,(H,16,18). The van der Waals surface area contributed by atoms with Crippen LogP contribution in [0.2, 0.25) is 0 Å². The molecule has 1 aromatic heterocycles. The average Bonchev–Trinajstić information content (AvgIpc) is 2.79. The molecule has 5 nitrogen and oxygen atoms in total. The number of aryl methyl sites for hydroxylation is 1. The van der Waals surface area contributed by atoms with E-state index < -0.39 is 5.60 Å². The third-order valence-corrected chi connectivity index (χ3v) is 4.50. The van der Waals surface area contributed by atoms with Gasteiger partial charge in [-0.15, -0.1) is 11.3 Å². The van der Waals surface area contributed by atoms with Gasteiger partial charge in [-0.3, -0.25) is 4.79 Å². The van der Waals surface area contributed by atoms with Crippen molar-refractivity contribution in [1.29, 1.82) is 0 Å². The summed E-state index contributed by atoms with van der Waals surface area (Å²) < 4.78 is 0. The highest BCUT2D eigenvalue weighted by Gasteiger charge is 2.28. The number of nitrogens with one attached hydrogen (secondary N) is 2. The van der Waals surface area contributed by atoms with Gasteiger partial charge in [0.1, 0.15) is 5.69 Å². The fraction of sp³-hybridized carbons (Fsp3) is 0.714. The second-order valence-electron chi connectivity index (χ2n) is 5.39. The molecular formula is C14H23N3O2S. The smallest absolute Gasteiger partial charge is 0.270 e. The molecule has 6 heteroatoms. The Hall–Kier alpha value is -0.980. The largest absolute Gasteiger partial charge is 0.388 e. The summed E-state index contributed by atoms with van der Waals surface area (Å²) >= 11 is 1.52. The van der Waals surface area contributed by atoms with Crippen molar-refractivity contribution >= 4 is 17.2 Å². The molecule has 0 saturated carbocycles. The summed E-state index contributed by atoms with van der Waals surface area (Å²) in [5.41, 5.74) is -0.324. The Morgan fingerprint density at radius 2 is 2.40 bits per heavy atom. The minimum atomic E-state index is -0.790. The normalized spacial score (nSPS) is 23.3. The second kappa shape index (κ2) is 7.15. The Morgan fingerprint density at radius 3 is 3.20 bits per heavy atom. The van der Waals surface area contributed by atoms with E-state index in [1.54, 1.807) is 5.38 Å². The number of hydrogen-bond acceptors (Lipinski definition) is 5. The second-order valence-corrected chi connectivity index (χ2v) is 6.33. The molecule has 1 amide bonds. The fourth-order valence-corrected chi connectivity index (χ4v) is 3.25. The molecule has 1 aromatic rings. The van der Waals surface area contributed by atoms with Crippen molar-refractivity contribution in [1.82, 2.24) is 15.6 Å². The molecule has 0 bridgehead atoms. The number of rotatable bonds is 5. The summed E-state index contributed by atoms with van der Waals surface area (Å²) in [6.07, 6.45) is 4.27. The van der Waals surface area contributed by atoms with E-state index in [9.17, 15) is 9.90 Å². The van der Waals surface area contributed by atoms with Crippen LogP contribution in [0.5, 0.6) is 0 Å². The zero-order valence-corrected chi connectivity index (χ0v) is 12.8. The molecule has 0 aromatic carbocycles. The summed E-state index contributed by atoms with van der Waals surface area (Å²) in [6, 6.07) is 0. The average molecular weight is 297 g/mol. The lowest BCUT2D eigenvalue weighted by molar-refractivity contribution is 0.0275. The van der Waals surface area contributed by atoms with Crippen molar-refractivity contribution in [3.63, 3.8) is 0 Å². The van der Waals surface area contributed by atoms with Gasteiger partial charge in [-0.25, -0.2) is 4.98 Å². The number of carbonyl (C=O) groups is 1. The van der Waals surface area contributed by atoms with Crippen molar-refractivity contribution in [2.45, 2.75) is 44.6 Å². The number of thiazole rings is 1. The molecule has 112 valence electrons. The first-order valence-corrected chi connectivity index (χ1v) is 8.17. The van der Waals surface area contributed by atoms with Gasteiger partial charge in [-0.1, -0.05) is 6.92 Å². The molecule has 1 aliphatic rings. The van der Waals surface area contributed by atoms with Crippen LogP contribution in [0.1, 0.15) is 48.1 Å². The van der Waals surface area contributed by atoms with Crippen molar-refractivity contribution in [3.05, 3.63) is 16.1 Å². The zero-order chi connectivity index (χ0) is 14.4. The number of amides is 1. The van der Waals surface area contributed by atoms with Crippen LogP contribution in [0.3, 0.4) is 0 Å². The van der Waals surface area contributed by atoms with Crippen molar-refractivity contribution < 1.29 is 9.90 Å². The van der Waals surface area contributed by atoms with Crippen LogP contribution in [-0.4, -0.2) is 41.2 Å². The highest BCUT2D eigenvalue weighted by Crippen LogP contribution is 2.18. The van der Waals surface area contributed by atoms with Crippen LogP contribution < -0.4 is 10.6 Å². The maximum Gasteiger partial charge on any atom is 0.270 e. The van der Waals surface area contributed by atoms with Crippen LogP contribution >= 0.6 is 11.3 Å². The lowest BCUT2D eigenvalue weighted by Gasteiger charge is -2.26. The zero-order valence-electron chi connectivity index (χ0n) is 11.9. The SMILES string of the molecule is CCCc1nc(C(=O)NCC2(O)CCCNCC2)cs1. The maximum atomic E-state index is 12.0. The minimum Gasteiger partial charge on any atom is -0.388 e.